The second-order valence-corrected chi connectivity index (χ2v) is 5.94. The van der Waals surface area contributed by atoms with E-state index in [0.29, 0.717) is 5.75 Å². The summed E-state index contributed by atoms with van der Waals surface area (Å²) in [6.07, 6.45) is 3.14. The molecule has 2 rings (SSSR count). The minimum atomic E-state index is -0.602. The van der Waals surface area contributed by atoms with E-state index in [0.717, 1.165) is 19.3 Å². The molecule has 1 aromatic carbocycles. The molecule has 23 heavy (non-hydrogen) atoms. The van der Waals surface area contributed by atoms with Gasteiger partial charge in [-0.2, -0.15) is 0 Å². The fourth-order valence-corrected chi connectivity index (χ4v) is 3.08. The number of nitrogens with zero attached hydrogens (tertiary/aromatic N) is 1. The van der Waals surface area contributed by atoms with Crippen LogP contribution in [-0.2, 0) is 4.79 Å². The molecule has 0 aliphatic carbocycles. The van der Waals surface area contributed by atoms with E-state index in [-0.39, 0.29) is 35.9 Å². The molecule has 1 aromatic rings. The molecule has 1 aliphatic rings. The van der Waals surface area contributed by atoms with Crippen molar-refractivity contribution in [3.63, 3.8) is 0 Å². The van der Waals surface area contributed by atoms with Crippen molar-refractivity contribution in [1.29, 1.82) is 0 Å². The van der Waals surface area contributed by atoms with Crippen LogP contribution in [0.1, 0.15) is 43.5 Å². The van der Waals surface area contributed by atoms with E-state index in [2.05, 4.69) is 0 Å². The number of carbonyl (C=O) groups is 2. The normalized spacial score (nSPS) is 20.9. The number of ether oxygens (including phenoxy) is 2. The van der Waals surface area contributed by atoms with Gasteiger partial charge in [0.25, 0.3) is 11.8 Å². The maximum absolute atomic E-state index is 12.5. The van der Waals surface area contributed by atoms with Crippen LogP contribution in [-0.4, -0.2) is 42.5 Å². The summed E-state index contributed by atoms with van der Waals surface area (Å²) in [5, 5.41) is 0. The Morgan fingerprint density at radius 1 is 1.26 bits per heavy atom. The quantitative estimate of drug-likeness (QED) is 0.899. The van der Waals surface area contributed by atoms with Crippen molar-refractivity contribution in [2.45, 2.75) is 45.2 Å². The van der Waals surface area contributed by atoms with Gasteiger partial charge in [0.2, 0.25) is 0 Å². The van der Waals surface area contributed by atoms with Gasteiger partial charge in [0.05, 0.1) is 12.7 Å². The van der Waals surface area contributed by atoms with Gasteiger partial charge in [-0.05, 0) is 45.2 Å². The molecule has 0 spiro atoms. The summed E-state index contributed by atoms with van der Waals surface area (Å²) in [6, 6.07) is 5.14. The van der Waals surface area contributed by atoms with Gasteiger partial charge in [-0.25, -0.2) is 0 Å². The second-order valence-electron chi connectivity index (χ2n) is 5.94. The lowest BCUT2D eigenvalue weighted by atomic mass is 9.97. The zero-order valence-corrected chi connectivity index (χ0v) is 13.9. The molecule has 1 aliphatic heterocycles. The fraction of sp³-hybridized carbons (Fsp3) is 0.529. The molecular formula is C17H24N2O4. The average molecular weight is 320 g/mol. The lowest BCUT2D eigenvalue weighted by Crippen LogP contribution is -2.49. The molecule has 0 unspecified atom stereocenters. The van der Waals surface area contributed by atoms with Crippen LogP contribution >= 0.6 is 0 Å². The van der Waals surface area contributed by atoms with Crippen molar-refractivity contribution in [3.05, 3.63) is 23.8 Å². The van der Waals surface area contributed by atoms with Crippen molar-refractivity contribution in [3.8, 4) is 11.5 Å². The van der Waals surface area contributed by atoms with Gasteiger partial charge in [0, 0.05) is 18.2 Å². The number of amides is 2. The molecule has 0 bridgehead atoms. The van der Waals surface area contributed by atoms with Crippen LogP contribution in [0.3, 0.4) is 0 Å². The van der Waals surface area contributed by atoms with Crippen molar-refractivity contribution >= 4 is 11.8 Å². The van der Waals surface area contributed by atoms with Crippen molar-refractivity contribution in [2.75, 3.05) is 13.7 Å². The molecule has 126 valence electrons. The summed E-state index contributed by atoms with van der Waals surface area (Å²) in [4.78, 5) is 25.8. The van der Waals surface area contributed by atoms with Crippen molar-refractivity contribution in [1.82, 2.24) is 4.90 Å². The van der Waals surface area contributed by atoms with Crippen LogP contribution in [0.25, 0.3) is 0 Å². The third-order valence-corrected chi connectivity index (χ3v) is 4.29. The summed E-state index contributed by atoms with van der Waals surface area (Å²) in [6.45, 7) is 3.98. The maximum Gasteiger partial charge on any atom is 0.260 e. The zero-order valence-electron chi connectivity index (χ0n) is 13.9. The molecule has 2 atom stereocenters. The molecule has 2 amide bonds. The molecule has 6 nitrogen and oxygen atoms in total. The minimum Gasteiger partial charge on any atom is -0.497 e. The number of likely N-dealkylation sites (tertiary alicyclic amines) is 1. The van der Waals surface area contributed by atoms with E-state index < -0.39 is 5.91 Å². The molecule has 1 heterocycles. The summed E-state index contributed by atoms with van der Waals surface area (Å²) in [7, 11) is 1.52. The summed E-state index contributed by atoms with van der Waals surface area (Å²) in [5.41, 5.74) is 5.58. The number of benzene rings is 1. The van der Waals surface area contributed by atoms with E-state index >= 15 is 0 Å². The monoisotopic (exact) mass is 320 g/mol. The van der Waals surface area contributed by atoms with Gasteiger partial charge in [-0.3, -0.25) is 9.59 Å². The number of primary amides is 1. The topological polar surface area (TPSA) is 81.9 Å². The van der Waals surface area contributed by atoms with Crippen molar-refractivity contribution in [2.24, 2.45) is 5.73 Å². The molecule has 0 saturated carbocycles. The van der Waals surface area contributed by atoms with Gasteiger partial charge in [-0.1, -0.05) is 0 Å². The SMILES string of the molecule is COc1ccc(C(N)=O)c(OCC(=O)N2[C@H](C)CCC[C@@H]2C)c1. The highest BCUT2D eigenvalue weighted by molar-refractivity contribution is 5.96. The number of methoxy groups -OCH3 is 1. The lowest BCUT2D eigenvalue weighted by Gasteiger charge is -2.39. The first-order valence-electron chi connectivity index (χ1n) is 7.85. The highest BCUT2D eigenvalue weighted by Gasteiger charge is 2.29. The van der Waals surface area contributed by atoms with Crippen LogP contribution in [0.5, 0.6) is 11.5 Å². The maximum atomic E-state index is 12.5. The molecule has 2 N–H and O–H groups in total. The molecule has 1 fully saturated rings. The Morgan fingerprint density at radius 2 is 1.91 bits per heavy atom. The molecule has 1 saturated heterocycles. The highest BCUT2D eigenvalue weighted by Crippen LogP contribution is 2.26. The lowest BCUT2D eigenvalue weighted by molar-refractivity contribution is -0.139. The minimum absolute atomic E-state index is 0.0806. The van der Waals surface area contributed by atoms with Crippen LogP contribution in [0.4, 0.5) is 0 Å². The van der Waals surface area contributed by atoms with Gasteiger partial charge in [0.1, 0.15) is 11.5 Å². The van der Waals surface area contributed by atoms with E-state index in [9.17, 15) is 9.59 Å². The summed E-state index contributed by atoms with van der Waals surface area (Å²) < 4.78 is 10.7. The standard InChI is InChI=1S/C17H24N2O4/c1-11-5-4-6-12(2)19(11)16(20)10-23-15-9-13(22-3)7-8-14(15)17(18)21/h7-9,11-12H,4-6,10H2,1-3H3,(H2,18,21)/t11-,12+. The molecular weight excluding hydrogens is 296 g/mol. The van der Waals surface area contributed by atoms with Crippen molar-refractivity contribution < 1.29 is 19.1 Å². The third-order valence-electron chi connectivity index (χ3n) is 4.29. The van der Waals surface area contributed by atoms with Gasteiger partial charge in [-0.15, -0.1) is 0 Å². The Hall–Kier alpha value is -2.24. The first-order valence-corrected chi connectivity index (χ1v) is 7.85. The molecule has 6 heteroatoms. The number of carbonyl (C=O) groups excluding carboxylic acids is 2. The average Bonchev–Trinajstić information content (AvgIpc) is 2.52. The Bertz CT molecular complexity index is 578. The number of hydrogen-bond donors (Lipinski definition) is 1. The first kappa shape index (κ1) is 17.1. The fourth-order valence-electron chi connectivity index (χ4n) is 3.08. The van der Waals surface area contributed by atoms with E-state index in [1.807, 2.05) is 18.7 Å². The largest absolute Gasteiger partial charge is 0.497 e. The predicted octanol–water partition coefficient (Wildman–Crippen LogP) is 1.96. The number of nitrogens with two attached hydrogens (primary N) is 1. The van der Waals surface area contributed by atoms with Crippen LogP contribution in [0.2, 0.25) is 0 Å². The number of hydrogen-bond acceptors (Lipinski definition) is 4. The van der Waals surface area contributed by atoms with Crippen LogP contribution < -0.4 is 15.2 Å². The Labute approximate surface area is 136 Å². The van der Waals surface area contributed by atoms with Gasteiger partial charge in [0.15, 0.2) is 6.61 Å². The first-order chi connectivity index (χ1) is 10.9. The van der Waals surface area contributed by atoms with E-state index in [1.54, 1.807) is 12.1 Å². The second kappa shape index (κ2) is 7.35. The number of rotatable bonds is 5. The molecule has 0 aromatic heterocycles. The number of piperidine rings is 1. The smallest absolute Gasteiger partial charge is 0.260 e. The summed E-state index contributed by atoms with van der Waals surface area (Å²) in [5.74, 6) is 0.123. The molecule has 0 radical (unpaired) electrons. The van der Waals surface area contributed by atoms with Gasteiger partial charge >= 0.3 is 0 Å². The third kappa shape index (κ3) is 3.94. The Morgan fingerprint density at radius 3 is 2.48 bits per heavy atom. The van der Waals surface area contributed by atoms with E-state index in [1.165, 1.54) is 13.2 Å². The van der Waals surface area contributed by atoms with Crippen LogP contribution in [0.15, 0.2) is 18.2 Å². The summed E-state index contributed by atoms with van der Waals surface area (Å²) >= 11 is 0. The predicted molar refractivity (Wildman–Crippen MR) is 86.6 cm³/mol. The van der Waals surface area contributed by atoms with Crippen LogP contribution in [0, 0.1) is 0 Å². The van der Waals surface area contributed by atoms with E-state index in [4.69, 9.17) is 15.2 Å². The zero-order chi connectivity index (χ0) is 17.0. The Balaban J connectivity index is 2.10. The van der Waals surface area contributed by atoms with Gasteiger partial charge < -0.3 is 20.1 Å². The Kier molecular flexibility index (Phi) is 5.47. The highest BCUT2D eigenvalue weighted by atomic mass is 16.5.